The minimum Gasteiger partial charge on any atom is -0.508 e. The highest BCUT2D eigenvalue weighted by Gasteiger charge is 2.33. The summed E-state index contributed by atoms with van der Waals surface area (Å²) in [5, 5.41) is 23.7. The maximum atomic E-state index is 13.1. The number of benzene rings is 2. The third-order valence-electron chi connectivity index (χ3n) is 19.9. The molecule has 2 aromatic carbocycles. The van der Waals surface area contributed by atoms with Gasteiger partial charge >= 0.3 is 0 Å². The Balaban J connectivity index is 2.34. The maximum Gasteiger partial charge on any atom is 0.122 e. The zero-order valence-corrected chi connectivity index (χ0v) is 60.7. The van der Waals surface area contributed by atoms with Crippen molar-refractivity contribution in [2.45, 2.75) is 432 Å². The van der Waals surface area contributed by atoms with E-state index in [0.717, 1.165) is 38.5 Å². The topological polar surface area (TPSA) is 40.5 Å². The molecule has 0 bridgehead atoms. The molecule has 2 aromatic rings. The zero-order valence-electron chi connectivity index (χ0n) is 60.7. The van der Waals surface area contributed by atoms with Crippen LogP contribution in [-0.2, 0) is 31.1 Å². The van der Waals surface area contributed by atoms with Gasteiger partial charge in [-0.3, -0.25) is 0 Å². The van der Waals surface area contributed by atoms with Crippen molar-refractivity contribution in [3.05, 3.63) is 106 Å². The number of rotatable bonds is 66. The van der Waals surface area contributed by atoms with Gasteiger partial charge in [0.1, 0.15) is 11.5 Å². The van der Waals surface area contributed by atoms with Crippen LogP contribution in [0.3, 0.4) is 0 Å². The number of allylic oxidation sites excluding steroid dienone is 8. The number of phenolic OH excluding ortho intramolecular Hbond substituents is 2. The average Bonchev–Trinajstić information content (AvgIpc) is 0.809. The third-order valence-corrected chi connectivity index (χ3v) is 19.9. The van der Waals surface area contributed by atoms with Crippen molar-refractivity contribution in [2.24, 2.45) is 0 Å². The second kappa shape index (κ2) is 61.2. The van der Waals surface area contributed by atoms with E-state index in [1.807, 2.05) is 12.1 Å². The van der Waals surface area contributed by atoms with Gasteiger partial charge in [0.05, 0.1) is 0 Å². The molecule has 0 atom stereocenters. The first kappa shape index (κ1) is 82.1. The van der Waals surface area contributed by atoms with Crippen LogP contribution in [0.1, 0.15) is 434 Å². The fourth-order valence-electron chi connectivity index (χ4n) is 14.0. The molecule has 0 fully saturated rings. The first-order valence-electron chi connectivity index (χ1n) is 40.1. The number of unbranched alkanes of at least 4 members (excludes halogenated alkanes) is 48. The van der Waals surface area contributed by atoms with Gasteiger partial charge in [-0.05, 0) is 200 Å². The first-order valence-corrected chi connectivity index (χ1v) is 40.1. The van der Waals surface area contributed by atoms with E-state index in [4.69, 9.17) is 0 Å². The monoisotopic (exact) mass is 1230 g/mol. The Labute approximate surface area is 557 Å². The van der Waals surface area contributed by atoms with E-state index in [0.29, 0.717) is 11.5 Å². The van der Waals surface area contributed by atoms with Crippen LogP contribution in [0.15, 0.2) is 72.9 Å². The van der Waals surface area contributed by atoms with E-state index in [2.05, 4.69) is 102 Å². The molecule has 0 aliphatic heterocycles. The van der Waals surface area contributed by atoms with Crippen LogP contribution >= 0.6 is 0 Å². The molecule has 0 radical (unpaired) electrons. The summed E-state index contributed by atoms with van der Waals surface area (Å²) >= 11 is 0. The number of hydrogen-bond acceptors (Lipinski definition) is 2. The fraction of sp³-hybridized carbons (Fsp3) is 0.770. The molecule has 0 heterocycles. The lowest BCUT2D eigenvalue weighted by atomic mass is 9.69. The molecule has 0 spiro atoms. The van der Waals surface area contributed by atoms with Gasteiger partial charge in [0.2, 0.25) is 0 Å². The predicted molar refractivity (Wildman–Crippen MR) is 401 cm³/mol. The Morgan fingerprint density at radius 1 is 0.247 bits per heavy atom. The summed E-state index contributed by atoms with van der Waals surface area (Å²) in [4.78, 5) is 0. The van der Waals surface area contributed by atoms with Gasteiger partial charge in [-0.15, -0.1) is 0 Å². The summed E-state index contributed by atoms with van der Waals surface area (Å²) < 4.78 is 0. The van der Waals surface area contributed by atoms with Gasteiger partial charge in [0, 0.05) is 5.41 Å². The van der Waals surface area contributed by atoms with Gasteiger partial charge in [0.25, 0.3) is 0 Å². The lowest BCUT2D eigenvalue weighted by Crippen LogP contribution is -2.26. The minimum absolute atomic E-state index is 0.271. The smallest absolute Gasteiger partial charge is 0.122 e. The Morgan fingerprint density at radius 3 is 0.663 bits per heavy atom. The van der Waals surface area contributed by atoms with E-state index in [-0.39, 0.29) is 5.41 Å². The summed E-state index contributed by atoms with van der Waals surface area (Å²) in [5.41, 5.74) is 8.07. The summed E-state index contributed by atoms with van der Waals surface area (Å²) in [7, 11) is 0. The molecule has 2 nitrogen and oxygen atoms in total. The minimum atomic E-state index is -0.271. The van der Waals surface area contributed by atoms with E-state index < -0.39 is 0 Å². The van der Waals surface area contributed by atoms with Crippen LogP contribution in [0.25, 0.3) is 0 Å². The molecular weight excluding hydrogens is 1080 g/mol. The molecular formula is C87H152O2. The molecule has 0 unspecified atom stereocenters. The second-order valence-corrected chi connectivity index (χ2v) is 28.6. The van der Waals surface area contributed by atoms with Gasteiger partial charge in [-0.2, -0.15) is 0 Å². The number of aromatic hydroxyl groups is 2. The molecule has 2 rings (SSSR count). The van der Waals surface area contributed by atoms with Crippen molar-refractivity contribution in [2.75, 3.05) is 0 Å². The van der Waals surface area contributed by atoms with Crippen LogP contribution < -0.4 is 0 Å². The lowest BCUT2D eigenvalue weighted by molar-refractivity contribution is 0.450. The highest BCUT2D eigenvalue weighted by atomic mass is 16.3. The Morgan fingerprint density at radius 2 is 0.438 bits per heavy atom. The summed E-state index contributed by atoms with van der Waals surface area (Å²) in [6, 6.07) is 8.21. The van der Waals surface area contributed by atoms with E-state index in [1.54, 1.807) is 0 Å². The van der Waals surface area contributed by atoms with Crippen molar-refractivity contribution in [3.63, 3.8) is 0 Å². The second-order valence-electron chi connectivity index (χ2n) is 28.6. The van der Waals surface area contributed by atoms with Crippen molar-refractivity contribution in [3.8, 4) is 11.5 Å². The van der Waals surface area contributed by atoms with Crippen LogP contribution in [0, 0.1) is 0 Å². The molecule has 89 heavy (non-hydrogen) atoms. The van der Waals surface area contributed by atoms with Gasteiger partial charge < -0.3 is 10.2 Å². The first-order chi connectivity index (χ1) is 43.8. The number of phenols is 2. The van der Waals surface area contributed by atoms with Crippen LogP contribution in [0.5, 0.6) is 11.5 Å². The van der Waals surface area contributed by atoms with Crippen LogP contribution in [-0.4, -0.2) is 10.2 Å². The van der Waals surface area contributed by atoms with Crippen molar-refractivity contribution in [1.82, 2.24) is 0 Å². The summed E-state index contributed by atoms with van der Waals surface area (Å²) in [6.45, 7) is 14.2. The largest absolute Gasteiger partial charge is 0.508 e. The SMILES string of the molecule is CCCCCCCC/C=C\CCCCCCCCc1c(O)c(CCCCCCCC/C=C\CCCCCCCC)c(CCCCCCCC/C=C\CCCCCCCC)c(C(C)(C)c2ccc(O)cc2)c1CCCCCCCC/C=C\CCCCCCCC. The van der Waals surface area contributed by atoms with E-state index in [1.165, 1.54) is 380 Å². The summed E-state index contributed by atoms with van der Waals surface area (Å²) in [5.74, 6) is 1.01. The van der Waals surface area contributed by atoms with E-state index in [9.17, 15) is 10.2 Å². The molecule has 0 aromatic heterocycles. The Kier molecular flexibility index (Phi) is 56.4. The molecule has 2 heteroatoms. The zero-order chi connectivity index (χ0) is 64.0. The van der Waals surface area contributed by atoms with Gasteiger partial charge in [0.15, 0.2) is 0 Å². The maximum absolute atomic E-state index is 13.1. The molecule has 512 valence electrons. The van der Waals surface area contributed by atoms with Crippen molar-refractivity contribution in [1.29, 1.82) is 0 Å². The normalized spacial score (nSPS) is 12.3. The predicted octanol–water partition coefficient (Wildman–Crippen LogP) is 29.7. The summed E-state index contributed by atoms with van der Waals surface area (Å²) in [6.07, 6.45) is 97.4. The average molecular weight is 1230 g/mol. The standard InChI is InChI=1S/C87H152O2/c1-7-11-15-19-23-27-31-35-39-43-47-51-55-59-63-67-71-81-83(73-69-65-61-57-53-49-45-41-37-33-29-25-21-17-13-9-3)86(89)84(74-70-66-62-58-54-50-46-42-38-34-30-26-22-18-14-10-4)82(85(81)87(5,6)79-75-77-80(88)78-76-79)72-68-64-60-56-52-48-44-40-36-32-28-24-20-16-12-8-2/h35-42,75-78,88-89H,7-34,43-74H2,1-6H3/b39-35-,40-36-,41-37-,42-38-. The van der Waals surface area contributed by atoms with E-state index >= 15 is 0 Å². The molecule has 2 N–H and O–H groups in total. The van der Waals surface area contributed by atoms with Gasteiger partial charge in [-0.1, -0.05) is 333 Å². The number of hydrogen-bond donors (Lipinski definition) is 2. The molecule has 0 aliphatic rings. The van der Waals surface area contributed by atoms with Crippen LogP contribution in [0.4, 0.5) is 0 Å². The Hall–Kier alpha value is -3.00. The molecule has 0 amide bonds. The fourth-order valence-corrected chi connectivity index (χ4v) is 14.0. The quantitative estimate of drug-likeness (QED) is 0.0512. The van der Waals surface area contributed by atoms with Crippen molar-refractivity contribution < 1.29 is 10.2 Å². The third kappa shape index (κ3) is 44.3. The Bertz CT molecular complexity index is 1850. The lowest BCUT2D eigenvalue weighted by Gasteiger charge is -2.35. The van der Waals surface area contributed by atoms with Crippen LogP contribution in [0.2, 0.25) is 0 Å². The molecule has 0 saturated heterocycles. The molecule has 0 aliphatic carbocycles. The highest BCUT2D eigenvalue weighted by Crippen LogP contribution is 2.46. The van der Waals surface area contributed by atoms with Gasteiger partial charge in [-0.25, -0.2) is 0 Å². The highest BCUT2D eigenvalue weighted by molar-refractivity contribution is 5.60. The molecule has 0 saturated carbocycles. The van der Waals surface area contributed by atoms with Crippen molar-refractivity contribution >= 4 is 0 Å².